The second-order valence-corrected chi connectivity index (χ2v) is 6.81. The zero-order chi connectivity index (χ0) is 19.5. The number of rotatable bonds is 5. The van der Waals surface area contributed by atoms with Gasteiger partial charge in [0.15, 0.2) is 5.78 Å². The van der Waals surface area contributed by atoms with Gasteiger partial charge < -0.3 is 15.4 Å². The molecular formula is C22H22N4O2. The third-order valence-corrected chi connectivity index (χ3v) is 4.75. The summed E-state index contributed by atoms with van der Waals surface area (Å²) in [5.74, 6) is 1.73. The molecule has 0 atom stereocenters. The van der Waals surface area contributed by atoms with Gasteiger partial charge in [0.05, 0.1) is 24.1 Å². The number of fused-ring (bicyclic) bond motifs is 1. The van der Waals surface area contributed by atoms with E-state index in [1.165, 1.54) is 5.56 Å². The predicted octanol–water partition coefficient (Wildman–Crippen LogP) is 4.80. The first-order chi connectivity index (χ1) is 13.6. The molecule has 1 aliphatic rings. The predicted molar refractivity (Wildman–Crippen MR) is 110 cm³/mol. The highest BCUT2D eigenvalue weighted by molar-refractivity contribution is 6.03. The van der Waals surface area contributed by atoms with E-state index in [0.29, 0.717) is 29.5 Å². The maximum Gasteiger partial charge on any atom is 0.229 e. The number of hydrogen-bond acceptors (Lipinski definition) is 6. The molecule has 6 heteroatoms. The number of hydrogen-bond donors (Lipinski definition) is 2. The number of anilines is 4. The fourth-order valence-electron chi connectivity index (χ4n) is 3.31. The van der Waals surface area contributed by atoms with Crippen LogP contribution in [0.3, 0.4) is 0 Å². The fourth-order valence-corrected chi connectivity index (χ4v) is 3.31. The van der Waals surface area contributed by atoms with Crippen LogP contribution in [-0.2, 0) is 6.42 Å². The van der Waals surface area contributed by atoms with Crippen LogP contribution in [0.25, 0.3) is 0 Å². The van der Waals surface area contributed by atoms with Gasteiger partial charge in [-0.25, -0.2) is 4.98 Å². The Morgan fingerprint density at radius 2 is 1.75 bits per heavy atom. The number of carbonyl (C=O) groups excluding carboxylic acids is 1. The number of aryl methyl sites for hydroxylation is 2. The van der Waals surface area contributed by atoms with Crippen molar-refractivity contribution in [2.24, 2.45) is 0 Å². The van der Waals surface area contributed by atoms with Crippen molar-refractivity contribution in [3.05, 3.63) is 65.4 Å². The van der Waals surface area contributed by atoms with Crippen molar-refractivity contribution in [3.63, 3.8) is 0 Å². The smallest absolute Gasteiger partial charge is 0.229 e. The number of Topliss-reactive ketones (excluding diaryl/α,β-unsaturated/α-hetero) is 1. The summed E-state index contributed by atoms with van der Waals surface area (Å²) in [4.78, 5) is 21.8. The summed E-state index contributed by atoms with van der Waals surface area (Å²) in [5.41, 5.74) is 4.19. The first-order valence-electron chi connectivity index (χ1n) is 9.32. The van der Waals surface area contributed by atoms with Gasteiger partial charge in [-0.05, 0) is 44.0 Å². The Morgan fingerprint density at radius 3 is 2.54 bits per heavy atom. The van der Waals surface area contributed by atoms with Crippen LogP contribution in [0.2, 0.25) is 0 Å². The molecule has 2 N–H and O–H groups in total. The van der Waals surface area contributed by atoms with E-state index in [4.69, 9.17) is 4.74 Å². The summed E-state index contributed by atoms with van der Waals surface area (Å²) in [6, 6.07) is 15.6. The van der Waals surface area contributed by atoms with Gasteiger partial charge in [-0.3, -0.25) is 4.79 Å². The quantitative estimate of drug-likeness (QED) is 0.668. The van der Waals surface area contributed by atoms with Crippen molar-refractivity contribution in [3.8, 4) is 5.75 Å². The fraction of sp³-hybridized carbons (Fsp3) is 0.227. The largest absolute Gasteiger partial charge is 0.495 e. The zero-order valence-corrected chi connectivity index (χ0v) is 16.0. The SMILES string of the molecule is COc1ccccc1Nc1nc(Nc2ccc(C)cc2)nc2c1C(=O)CCC2. The molecule has 0 fully saturated rings. The minimum absolute atomic E-state index is 0.0699. The Labute approximate surface area is 164 Å². The molecule has 3 aromatic rings. The van der Waals surface area contributed by atoms with Crippen molar-refractivity contribution in [1.29, 1.82) is 0 Å². The molecule has 1 aliphatic carbocycles. The third-order valence-electron chi connectivity index (χ3n) is 4.75. The number of aromatic nitrogens is 2. The molecule has 0 saturated carbocycles. The number of nitrogens with one attached hydrogen (secondary N) is 2. The number of ketones is 1. The number of benzene rings is 2. The molecule has 1 heterocycles. The maximum absolute atomic E-state index is 12.6. The van der Waals surface area contributed by atoms with Gasteiger partial charge in [-0.2, -0.15) is 4.98 Å². The highest BCUT2D eigenvalue weighted by Crippen LogP contribution is 2.32. The van der Waals surface area contributed by atoms with E-state index >= 15 is 0 Å². The molecule has 6 nitrogen and oxygen atoms in total. The average Bonchev–Trinajstić information content (AvgIpc) is 2.70. The molecule has 28 heavy (non-hydrogen) atoms. The lowest BCUT2D eigenvalue weighted by Crippen LogP contribution is -2.18. The molecular weight excluding hydrogens is 352 g/mol. The van der Waals surface area contributed by atoms with Crippen molar-refractivity contribution in [2.45, 2.75) is 26.2 Å². The Bertz CT molecular complexity index is 1020. The van der Waals surface area contributed by atoms with E-state index in [2.05, 4.69) is 20.6 Å². The molecule has 0 amide bonds. The van der Waals surface area contributed by atoms with Gasteiger partial charge in [0.25, 0.3) is 0 Å². The van der Waals surface area contributed by atoms with Crippen molar-refractivity contribution in [2.75, 3.05) is 17.7 Å². The minimum atomic E-state index is 0.0699. The van der Waals surface area contributed by atoms with Crippen LogP contribution in [-0.4, -0.2) is 22.9 Å². The van der Waals surface area contributed by atoms with E-state index in [9.17, 15) is 4.79 Å². The normalized spacial score (nSPS) is 13.0. The number of ether oxygens (including phenoxy) is 1. The topological polar surface area (TPSA) is 76.1 Å². The van der Waals surface area contributed by atoms with Crippen LogP contribution < -0.4 is 15.4 Å². The summed E-state index contributed by atoms with van der Waals surface area (Å²) in [6.07, 6.45) is 2.08. The standard InChI is InChI=1S/C22H22N4O2/c1-14-10-12-15(13-11-14)23-22-25-17-7-5-8-18(27)20(17)21(26-22)24-16-6-3-4-9-19(16)28-2/h3-4,6,9-13H,5,7-8H2,1-2H3,(H2,23,24,25,26). The van der Waals surface area contributed by atoms with Gasteiger partial charge in [0.1, 0.15) is 11.6 Å². The lowest BCUT2D eigenvalue weighted by molar-refractivity contribution is 0.0972. The first kappa shape index (κ1) is 18.0. The highest BCUT2D eigenvalue weighted by atomic mass is 16.5. The van der Waals surface area contributed by atoms with Gasteiger partial charge in [0.2, 0.25) is 5.95 Å². The minimum Gasteiger partial charge on any atom is -0.495 e. The molecule has 4 rings (SSSR count). The molecule has 142 valence electrons. The van der Waals surface area contributed by atoms with Crippen molar-refractivity contribution in [1.82, 2.24) is 9.97 Å². The molecule has 0 spiro atoms. The highest BCUT2D eigenvalue weighted by Gasteiger charge is 2.25. The van der Waals surface area contributed by atoms with Crippen LogP contribution >= 0.6 is 0 Å². The third kappa shape index (κ3) is 3.67. The van der Waals surface area contributed by atoms with Crippen LogP contribution in [0.4, 0.5) is 23.1 Å². The summed E-state index contributed by atoms with van der Waals surface area (Å²) in [7, 11) is 1.62. The molecule has 2 aromatic carbocycles. The average molecular weight is 374 g/mol. The molecule has 0 unspecified atom stereocenters. The number of para-hydroxylation sites is 2. The van der Waals surface area contributed by atoms with Crippen molar-refractivity contribution >= 4 is 28.9 Å². The van der Waals surface area contributed by atoms with E-state index in [1.54, 1.807) is 7.11 Å². The second kappa shape index (κ2) is 7.68. The van der Waals surface area contributed by atoms with Crippen molar-refractivity contribution < 1.29 is 9.53 Å². The lowest BCUT2D eigenvalue weighted by Gasteiger charge is -2.20. The Kier molecular flexibility index (Phi) is 4.93. The Balaban J connectivity index is 1.74. The Morgan fingerprint density at radius 1 is 0.964 bits per heavy atom. The van der Waals surface area contributed by atoms with E-state index in [0.717, 1.165) is 29.9 Å². The van der Waals surface area contributed by atoms with E-state index in [1.807, 2.05) is 55.5 Å². The van der Waals surface area contributed by atoms with Gasteiger partial charge in [-0.15, -0.1) is 0 Å². The van der Waals surface area contributed by atoms with Crippen LogP contribution in [0.15, 0.2) is 48.5 Å². The molecule has 1 aromatic heterocycles. The zero-order valence-electron chi connectivity index (χ0n) is 16.0. The first-order valence-corrected chi connectivity index (χ1v) is 9.32. The molecule has 0 aliphatic heterocycles. The summed E-state index contributed by atoms with van der Waals surface area (Å²) in [6.45, 7) is 2.04. The summed E-state index contributed by atoms with van der Waals surface area (Å²) in [5, 5.41) is 6.53. The van der Waals surface area contributed by atoms with E-state index < -0.39 is 0 Å². The lowest BCUT2D eigenvalue weighted by atomic mass is 9.95. The Hall–Kier alpha value is -3.41. The van der Waals surface area contributed by atoms with E-state index in [-0.39, 0.29) is 5.78 Å². The number of nitrogens with zero attached hydrogens (tertiary/aromatic N) is 2. The maximum atomic E-state index is 12.6. The van der Waals surface area contributed by atoms with Crippen LogP contribution in [0.1, 0.15) is 34.5 Å². The second-order valence-electron chi connectivity index (χ2n) is 6.81. The van der Waals surface area contributed by atoms with Crippen LogP contribution in [0.5, 0.6) is 5.75 Å². The van der Waals surface area contributed by atoms with Gasteiger partial charge in [-0.1, -0.05) is 29.8 Å². The van der Waals surface area contributed by atoms with Gasteiger partial charge in [0, 0.05) is 12.1 Å². The number of methoxy groups -OCH3 is 1. The van der Waals surface area contributed by atoms with Crippen LogP contribution in [0, 0.1) is 6.92 Å². The molecule has 0 radical (unpaired) electrons. The molecule has 0 bridgehead atoms. The van der Waals surface area contributed by atoms with Gasteiger partial charge >= 0.3 is 0 Å². The monoisotopic (exact) mass is 374 g/mol. The number of carbonyl (C=O) groups is 1. The summed E-state index contributed by atoms with van der Waals surface area (Å²) >= 11 is 0. The molecule has 0 saturated heterocycles. The summed E-state index contributed by atoms with van der Waals surface area (Å²) < 4.78 is 5.42.